The molecule has 0 aliphatic carbocycles. The molecule has 0 aliphatic heterocycles. The van der Waals surface area contributed by atoms with E-state index in [-0.39, 0.29) is 32.0 Å². The maximum atomic E-state index is 12.8. The molecule has 2 unspecified atom stereocenters. The number of allylic oxidation sites excluding steroid dienone is 14. The Bertz CT molecular complexity index is 1560. The van der Waals surface area contributed by atoms with Gasteiger partial charge in [-0.2, -0.15) is 0 Å². The molecule has 0 aromatic heterocycles. The van der Waals surface area contributed by atoms with Crippen molar-refractivity contribution in [2.24, 2.45) is 0 Å². The highest BCUT2D eigenvalue weighted by molar-refractivity contribution is 7.47. The van der Waals surface area contributed by atoms with Crippen LogP contribution in [0.3, 0.4) is 0 Å². The number of likely N-dealkylation sites (N-methyl/N-ethyl adjacent to an activating group) is 1. The third kappa shape index (κ3) is 60.4. The van der Waals surface area contributed by atoms with E-state index < -0.39 is 26.5 Å². The number of rotatable bonds is 57. The molecular formula is C66H119NO8P+. The molecule has 440 valence electrons. The minimum Gasteiger partial charge on any atom is -0.462 e. The van der Waals surface area contributed by atoms with Crippen LogP contribution in [0.25, 0.3) is 0 Å². The maximum Gasteiger partial charge on any atom is 0.472 e. The first-order valence-corrected chi connectivity index (χ1v) is 32.8. The van der Waals surface area contributed by atoms with Crippen molar-refractivity contribution in [1.82, 2.24) is 0 Å². The molecule has 2 atom stereocenters. The molecule has 0 bridgehead atoms. The molecule has 0 aliphatic rings. The summed E-state index contributed by atoms with van der Waals surface area (Å²) >= 11 is 0. The van der Waals surface area contributed by atoms with E-state index in [1.54, 1.807) is 0 Å². The lowest BCUT2D eigenvalue weighted by atomic mass is 10.0. The summed E-state index contributed by atoms with van der Waals surface area (Å²) in [5.74, 6) is -0.802. The summed E-state index contributed by atoms with van der Waals surface area (Å²) in [5, 5.41) is 0. The summed E-state index contributed by atoms with van der Waals surface area (Å²) in [7, 11) is 1.47. The van der Waals surface area contributed by atoms with Crippen molar-refractivity contribution < 1.29 is 42.1 Å². The predicted octanol–water partition coefficient (Wildman–Crippen LogP) is 19.8. The van der Waals surface area contributed by atoms with E-state index in [1.165, 1.54) is 148 Å². The summed E-state index contributed by atoms with van der Waals surface area (Å²) in [6, 6.07) is 0. The summed E-state index contributed by atoms with van der Waals surface area (Å²) in [4.78, 5) is 35.7. The van der Waals surface area contributed by atoms with Crippen molar-refractivity contribution >= 4 is 19.8 Å². The summed E-state index contributed by atoms with van der Waals surface area (Å²) in [6.45, 7) is 4.22. The van der Waals surface area contributed by atoms with Crippen molar-refractivity contribution in [2.75, 3.05) is 47.5 Å². The molecule has 0 rings (SSSR count). The van der Waals surface area contributed by atoms with Crippen LogP contribution in [-0.4, -0.2) is 74.9 Å². The molecule has 0 aromatic rings. The molecule has 0 heterocycles. The van der Waals surface area contributed by atoms with Gasteiger partial charge in [-0.05, 0) is 83.5 Å². The van der Waals surface area contributed by atoms with Gasteiger partial charge in [0.05, 0.1) is 27.7 Å². The van der Waals surface area contributed by atoms with Crippen LogP contribution < -0.4 is 0 Å². The minimum atomic E-state index is -4.39. The van der Waals surface area contributed by atoms with Gasteiger partial charge in [0, 0.05) is 12.8 Å². The number of unbranched alkanes of at least 4 members (excludes halogenated alkanes) is 29. The molecule has 0 fully saturated rings. The number of nitrogens with zero attached hydrogens (tertiary/aromatic N) is 1. The van der Waals surface area contributed by atoms with E-state index in [0.29, 0.717) is 17.4 Å². The Morgan fingerprint density at radius 1 is 0.408 bits per heavy atom. The van der Waals surface area contributed by atoms with E-state index in [1.807, 2.05) is 21.1 Å². The highest BCUT2D eigenvalue weighted by Crippen LogP contribution is 2.43. The number of ether oxygens (including phenoxy) is 2. The molecular weight excluding hydrogens is 966 g/mol. The lowest BCUT2D eigenvalue weighted by Gasteiger charge is -2.24. The second-order valence-corrected chi connectivity index (χ2v) is 23.5. The Morgan fingerprint density at radius 3 is 1.05 bits per heavy atom. The zero-order chi connectivity index (χ0) is 55.6. The topological polar surface area (TPSA) is 108 Å². The van der Waals surface area contributed by atoms with Crippen molar-refractivity contribution in [2.45, 2.75) is 277 Å². The first kappa shape index (κ1) is 73.2. The fourth-order valence-corrected chi connectivity index (χ4v) is 9.41. The number of hydrogen-bond donors (Lipinski definition) is 1. The molecule has 10 heteroatoms. The Hall–Kier alpha value is -2.81. The Kier molecular flexibility index (Phi) is 54.8. The van der Waals surface area contributed by atoms with Crippen LogP contribution in [-0.2, 0) is 32.7 Å². The largest absolute Gasteiger partial charge is 0.472 e. The summed E-state index contributed by atoms with van der Waals surface area (Å²) < 4.78 is 34.6. The highest BCUT2D eigenvalue weighted by Gasteiger charge is 2.27. The fraction of sp³-hybridized carbons (Fsp3) is 0.758. The van der Waals surface area contributed by atoms with E-state index in [4.69, 9.17) is 18.5 Å². The summed E-state index contributed by atoms with van der Waals surface area (Å²) in [6.07, 6.45) is 76.8. The zero-order valence-corrected chi connectivity index (χ0v) is 50.9. The van der Waals surface area contributed by atoms with Crippen molar-refractivity contribution in [1.29, 1.82) is 0 Å². The van der Waals surface area contributed by atoms with Gasteiger partial charge in [0.25, 0.3) is 0 Å². The predicted molar refractivity (Wildman–Crippen MR) is 325 cm³/mol. The van der Waals surface area contributed by atoms with Gasteiger partial charge >= 0.3 is 19.8 Å². The molecule has 0 radical (unpaired) electrons. The molecule has 0 spiro atoms. The van der Waals surface area contributed by atoms with Gasteiger partial charge in [-0.3, -0.25) is 18.6 Å². The van der Waals surface area contributed by atoms with Crippen molar-refractivity contribution in [3.63, 3.8) is 0 Å². The van der Waals surface area contributed by atoms with Gasteiger partial charge in [-0.15, -0.1) is 0 Å². The van der Waals surface area contributed by atoms with Crippen LogP contribution in [0.4, 0.5) is 0 Å². The number of carbonyl (C=O) groups excluding carboxylic acids is 2. The van der Waals surface area contributed by atoms with Gasteiger partial charge in [-0.1, -0.05) is 259 Å². The third-order valence-corrected chi connectivity index (χ3v) is 14.4. The van der Waals surface area contributed by atoms with Crippen LogP contribution >= 0.6 is 7.82 Å². The lowest BCUT2D eigenvalue weighted by molar-refractivity contribution is -0.870. The maximum absolute atomic E-state index is 12.8. The third-order valence-electron chi connectivity index (χ3n) is 13.4. The fourth-order valence-electron chi connectivity index (χ4n) is 8.67. The number of quaternary nitrogens is 1. The number of phosphoric ester groups is 1. The highest BCUT2D eigenvalue weighted by atomic mass is 31.2. The van der Waals surface area contributed by atoms with Gasteiger partial charge in [0.2, 0.25) is 0 Å². The van der Waals surface area contributed by atoms with Gasteiger partial charge in [-0.25, -0.2) is 4.57 Å². The summed E-state index contributed by atoms with van der Waals surface area (Å²) in [5.41, 5.74) is 0. The first-order chi connectivity index (χ1) is 37.0. The second kappa shape index (κ2) is 56.9. The zero-order valence-electron chi connectivity index (χ0n) is 50.0. The average Bonchev–Trinajstić information content (AvgIpc) is 3.38. The Morgan fingerprint density at radius 2 is 0.711 bits per heavy atom. The van der Waals surface area contributed by atoms with E-state index in [2.05, 4.69) is 98.9 Å². The SMILES string of the molecule is CC/C=C\C/C=C\C/C=C\C/C=C\CCCCCCCCCCCCCCCCCCCCCCCCC(=O)OC(COC(=O)CCCCCCCCC/C=C\C/C=C\C/C=C\CC)COP(=O)(O)OCC[N+](C)(C)C. The number of carbonyl (C=O) groups is 2. The molecule has 0 amide bonds. The van der Waals surface area contributed by atoms with Crippen LogP contribution in [0.1, 0.15) is 271 Å². The Labute approximate surface area is 469 Å². The molecule has 0 saturated carbocycles. The van der Waals surface area contributed by atoms with Crippen LogP contribution in [0.2, 0.25) is 0 Å². The standard InChI is InChI=1S/C66H118NO8P/c1-6-8-10-12-14-16-18-20-22-24-25-26-27-28-29-30-31-32-33-34-35-36-37-38-39-40-41-43-45-47-49-51-53-55-57-59-66(69)75-64(63-74-76(70,71)73-61-60-67(3,4)5)62-72-65(68)58-56-54-52-50-48-46-44-42-23-21-19-17-15-13-11-9-7-2/h8-11,14-17,20-23,25-26,64H,6-7,12-13,18-19,24,27-63H2,1-5H3/p+1/b10-8-,11-9-,16-14-,17-15-,22-20-,23-21-,26-25-. The van der Waals surface area contributed by atoms with E-state index in [9.17, 15) is 19.0 Å². The van der Waals surface area contributed by atoms with Crippen LogP contribution in [0, 0.1) is 0 Å². The van der Waals surface area contributed by atoms with Crippen LogP contribution in [0.15, 0.2) is 85.1 Å². The molecule has 0 saturated heterocycles. The van der Waals surface area contributed by atoms with Gasteiger partial charge < -0.3 is 18.9 Å². The normalized spacial score (nSPS) is 13.8. The molecule has 1 N–H and O–H groups in total. The van der Waals surface area contributed by atoms with E-state index >= 15 is 0 Å². The number of phosphoric acid groups is 1. The quantitative estimate of drug-likeness (QED) is 0.0211. The van der Waals surface area contributed by atoms with Crippen LogP contribution in [0.5, 0.6) is 0 Å². The molecule has 9 nitrogen and oxygen atoms in total. The van der Waals surface area contributed by atoms with Crippen molar-refractivity contribution in [3.8, 4) is 0 Å². The van der Waals surface area contributed by atoms with Gasteiger partial charge in [0.15, 0.2) is 6.10 Å². The second-order valence-electron chi connectivity index (χ2n) is 22.0. The smallest absolute Gasteiger partial charge is 0.462 e. The molecule has 76 heavy (non-hydrogen) atoms. The monoisotopic (exact) mass is 1080 g/mol. The molecule has 0 aromatic carbocycles. The average molecular weight is 1090 g/mol. The first-order valence-electron chi connectivity index (χ1n) is 31.3. The lowest BCUT2D eigenvalue weighted by Crippen LogP contribution is -2.37. The Balaban J connectivity index is 4.00. The number of esters is 2. The van der Waals surface area contributed by atoms with E-state index in [0.717, 1.165) is 89.9 Å². The number of hydrogen-bond acceptors (Lipinski definition) is 7. The van der Waals surface area contributed by atoms with Crippen molar-refractivity contribution in [3.05, 3.63) is 85.1 Å². The van der Waals surface area contributed by atoms with Gasteiger partial charge in [0.1, 0.15) is 19.8 Å². The minimum absolute atomic E-state index is 0.0285.